The Hall–Kier alpha value is -2.95. The smallest absolute Gasteiger partial charge is 0.222 e. The van der Waals surface area contributed by atoms with Crippen LogP contribution in [0.15, 0.2) is 65.8 Å². The molecular formula is C20H20N5S+. The first kappa shape index (κ1) is 16.5. The number of hydrogen-bond donors (Lipinski definition) is 0. The van der Waals surface area contributed by atoms with Crippen LogP contribution in [0.5, 0.6) is 0 Å². The second-order valence-corrected chi connectivity index (χ2v) is 6.90. The van der Waals surface area contributed by atoms with Gasteiger partial charge in [0.25, 0.3) is 0 Å². The maximum Gasteiger partial charge on any atom is 0.368 e. The van der Waals surface area contributed by atoms with E-state index in [9.17, 15) is 0 Å². The molecule has 0 atom stereocenters. The molecule has 2 aromatic carbocycles. The fraction of sp³-hybridized carbons (Fsp3) is 0.200. The summed E-state index contributed by atoms with van der Waals surface area (Å²) in [6.07, 6.45) is 5.02. The molecule has 0 aliphatic carbocycles. The van der Waals surface area contributed by atoms with Crippen LogP contribution in [-0.4, -0.2) is 11.3 Å². The number of thiazole rings is 1. The summed E-state index contributed by atoms with van der Waals surface area (Å²) in [5, 5.41) is 11.1. The van der Waals surface area contributed by atoms with E-state index in [1.807, 2.05) is 75.9 Å². The minimum Gasteiger partial charge on any atom is -0.222 e. The normalized spacial score (nSPS) is 13.4. The number of anilines is 3. The summed E-state index contributed by atoms with van der Waals surface area (Å²) < 4.78 is 0. The van der Waals surface area contributed by atoms with Gasteiger partial charge in [-0.25, -0.2) is 4.98 Å². The summed E-state index contributed by atoms with van der Waals surface area (Å²) in [6, 6.07) is 20.2. The van der Waals surface area contributed by atoms with Crippen molar-refractivity contribution in [2.45, 2.75) is 26.7 Å². The molecule has 4 rings (SSSR count). The maximum absolute atomic E-state index is 4.89. The van der Waals surface area contributed by atoms with Crippen LogP contribution in [0.3, 0.4) is 0 Å². The molecule has 0 radical (unpaired) electrons. The van der Waals surface area contributed by atoms with Gasteiger partial charge < -0.3 is 0 Å². The van der Waals surface area contributed by atoms with Crippen LogP contribution in [0.4, 0.5) is 16.5 Å². The minimum atomic E-state index is 0.889. The molecule has 0 fully saturated rings. The lowest BCUT2D eigenvalue weighted by atomic mass is 10.2. The molecular weight excluding hydrogens is 342 g/mol. The van der Waals surface area contributed by atoms with E-state index in [0.29, 0.717) is 0 Å². The Morgan fingerprint density at radius 1 is 0.885 bits per heavy atom. The van der Waals surface area contributed by atoms with Gasteiger partial charge in [0.2, 0.25) is 10.8 Å². The van der Waals surface area contributed by atoms with Crippen molar-refractivity contribution in [3.05, 3.63) is 71.2 Å². The van der Waals surface area contributed by atoms with E-state index in [-0.39, 0.29) is 0 Å². The summed E-state index contributed by atoms with van der Waals surface area (Å²) in [5.74, 6) is 0. The van der Waals surface area contributed by atoms with Crippen molar-refractivity contribution in [3.8, 4) is 0 Å². The number of hydrogen-bond acceptors (Lipinski definition) is 6. The molecule has 3 aromatic rings. The van der Waals surface area contributed by atoms with Crippen LogP contribution in [-0.2, 0) is 12.8 Å². The van der Waals surface area contributed by atoms with Crippen LogP contribution in [0.25, 0.3) is 0 Å². The highest BCUT2D eigenvalue weighted by Gasteiger charge is 2.40. The molecule has 6 heteroatoms. The van der Waals surface area contributed by atoms with Crippen LogP contribution in [0.2, 0.25) is 0 Å². The number of aryl methyl sites for hydroxylation is 2. The zero-order chi connectivity index (χ0) is 17.9. The van der Waals surface area contributed by atoms with Crippen LogP contribution >= 0.6 is 11.3 Å². The van der Waals surface area contributed by atoms with Gasteiger partial charge >= 0.3 is 6.34 Å². The van der Waals surface area contributed by atoms with Gasteiger partial charge in [0, 0.05) is 22.1 Å². The number of rotatable bonds is 5. The molecule has 0 unspecified atom stereocenters. The molecule has 0 amide bonds. The van der Waals surface area contributed by atoms with E-state index in [1.54, 1.807) is 11.3 Å². The Labute approximate surface area is 157 Å². The van der Waals surface area contributed by atoms with Crippen LogP contribution < -0.4 is 15.2 Å². The third-order valence-electron chi connectivity index (χ3n) is 4.19. The molecule has 0 spiro atoms. The highest BCUT2D eigenvalue weighted by Crippen LogP contribution is 2.35. The van der Waals surface area contributed by atoms with Gasteiger partial charge in [-0.15, -0.1) is 5.12 Å². The number of hydrazine groups is 2. The van der Waals surface area contributed by atoms with Crippen molar-refractivity contribution < 1.29 is 0 Å². The Balaban J connectivity index is 1.79. The summed E-state index contributed by atoms with van der Waals surface area (Å²) in [4.78, 5) is 6.21. The van der Waals surface area contributed by atoms with E-state index in [4.69, 9.17) is 4.98 Å². The van der Waals surface area contributed by atoms with Gasteiger partial charge in [-0.1, -0.05) is 54.6 Å². The fourth-order valence-corrected chi connectivity index (χ4v) is 3.96. The van der Waals surface area contributed by atoms with E-state index in [1.165, 1.54) is 4.88 Å². The number of benzene rings is 2. The van der Waals surface area contributed by atoms with Gasteiger partial charge in [-0.05, 0) is 42.1 Å². The van der Waals surface area contributed by atoms with Crippen molar-refractivity contribution >= 4 is 34.2 Å². The molecule has 1 aromatic heterocycles. The van der Waals surface area contributed by atoms with Gasteiger partial charge in [-0.2, -0.15) is 0 Å². The summed E-state index contributed by atoms with van der Waals surface area (Å²) in [5.41, 5.74) is 3.10. The first-order chi connectivity index (χ1) is 12.8. The Morgan fingerprint density at radius 3 is 2.12 bits per heavy atom. The zero-order valence-corrected chi connectivity index (χ0v) is 15.6. The fourth-order valence-electron chi connectivity index (χ4n) is 2.89. The number of nitrogens with zero attached hydrogens (tertiary/aromatic N) is 5. The highest BCUT2D eigenvalue weighted by molar-refractivity contribution is 7.15. The lowest BCUT2D eigenvalue weighted by Gasteiger charge is -2.25. The summed E-state index contributed by atoms with van der Waals surface area (Å²) in [7, 11) is 0. The Morgan fingerprint density at radius 2 is 1.54 bits per heavy atom. The monoisotopic (exact) mass is 362 g/mol. The van der Waals surface area contributed by atoms with Crippen molar-refractivity contribution in [1.82, 2.24) is 4.98 Å². The molecule has 1 aliphatic rings. The third kappa shape index (κ3) is 2.90. The first-order valence-electron chi connectivity index (χ1n) is 8.77. The SMILES string of the molecule is CCc1nc(N2N(c3ccccc3)[C+]=NN2c2ccccc2)sc1CC. The number of aromatic nitrogens is 1. The van der Waals surface area contributed by atoms with E-state index < -0.39 is 0 Å². The Bertz CT molecular complexity index is 820. The van der Waals surface area contributed by atoms with Gasteiger partial charge in [-0.3, -0.25) is 0 Å². The standard InChI is InChI=1S/C20H20N5S/c1-3-18-19(4-2)26-20(22-18)25-23(16-11-7-5-8-12-16)15-21-24(25)17-13-9-6-10-14-17/h5-14H,3-4H2,1-2H3/q+1. The predicted molar refractivity (Wildman–Crippen MR) is 109 cm³/mol. The molecule has 2 heterocycles. The largest absolute Gasteiger partial charge is 0.368 e. The van der Waals surface area contributed by atoms with Gasteiger partial charge in [0.05, 0.1) is 11.4 Å². The van der Waals surface area contributed by atoms with Crippen molar-refractivity contribution in [3.63, 3.8) is 0 Å². The van der Waals surface area contributed by atoms with Gasteiger partial charge in [0.1, 0.15) is 0 Å². The van der Waals surface area contributed by atoms with Crippen molar-refractivity contribution in [2.24, 2.45) is 5.10 Å². The molecule has 0 saturated carbocycles. The van der Waals surface area contributed by atoms with Crippen LogP contribution in [0.1, 0.15) is 24.4 Å². The predicted octanol–water partition coefficient (Wildman–Crippen LogP) is 4.75. The average Bonchev–Trinajstić information content (AvgIpc) is 3.33. The molecule has 0 bridgehead atoms. The topological polar surface area (TPSA) is 35.0 Å². The first-order valence-corrected chi connectivity index (χ1v) is 9.58. The van der Waals surface area contributed by atoms with Gasteiger partial charge in [0.15, 0.2) is 0 Å². The van der Waals surface area contributed by atoms with Crippen LogP contribution in [0, 0.1) is 0 Å². The second-order valence-electron chi connectivity index (χ2n) is 5.84. The average molecular weight is 362 g/mol. The van der Waals surface area contributed by atoms with Crippen molar-refractivity contribution in [2.75, 3.05) is 15.2 Å². The quantitative estimate of drug-likeness (QED) is 0.614. The van der Waals surface area contributed by atoms with E-state index >= 15 is 0 Å². The molecule has 1 aliphatic heterocycles. The molecule has 26 heavy (non-hydrogen) atoms. The zero-order valence-electron chi connectivity index (χ0n) is 14.8. The molecule has 0 saturated heterocycles. The minimum absolute atomic E-state index is 0.889. The highest BCUT2D eigenvalue weighted by atomic mass is 32.1. The van der Waals surface area contributed by atoms with E-state index in [0.717, 1.165) is 35.0 Å². The maximum atomic E-state index is 4.89. The number of hydrazone groups is 1. The molecule has 5 nitrogen and oxygen atoms in total. The Kier molecular flexibility index (Phi) is 4.52. The van der Waals surface area contributed by atoms with E-state index in [2.05, 4.69) is 25.3 Å². The van der Waals surface area contributed by atoms with Crippen molar-refractivity contribution in [1.29, 1.82) is 0 Å². The summed E-state index contributed by atoms with van der Waals surface area (Å²) >= 11 is 1.71. The summed E-state index contributed by atoms with van der Waals surface area (Å²) in [6.45, 7) is 4.32. The lowest BCUT2D eigenvalue weighted by Crippen LogP contribution is -2.46. The number of para-hydroxylation sites is 2. The molecule has 0 N–H and O–H groups in total. The third-order valence-corrected chi connectivity index (χ3v) is 5.39. The lowest BCUT2D eigenvalue weighted by molar-refractivity contribution is 0.809. The second kappa shape index (κ2) is 7.12. The molecule has 130 valence electrons.